The quantitative estimate of drug-likeness (QED) is 0.720. The highest BCUT2D eigenvalue weighted by Gasteiger charge is 2.49. The zero-order valence-electron chi connectivity index (χ0n) is 15.2. The van der Waals surface area contributed by atoms with Gasteiger partial charge in [0.05, 0.1) is 13.7 Å². The molecule has 1 aliphatic rings. The molecule has 27 heavy (non-hydrogen) atoms. The van der Waals surface area contributed by atoms with E-state index in [1.165, 1.54) is 4.90 Å². The van der Waals surface area contributed by atoms with Crippen LogP contribution < -0.4 is 10.1 Å². The number of carbonyl (C=O) groups excluding carboxylic acids is 2. The molecule has 4 rings (SSSR count). The first-order valence-corrected chi connectivity index (χ1v) is 8.78. The molecule has 1 fully saturated rings. The van der Waals surface area contributed by atoms with Gasteiger partial charge < -0.3 is 10.1 Å². The Kier molecular flexibility index (Phi) is 4.07. The molecule has 0 aromatic heterocycles. The van der Waals surface area contributed by atoms with Crippen molar-refractivity contribution in [2.75, 3.05) is 7.11 Å². The number of methoxy groups -OCH3 is 1. The van der Waals surface area contributed by atoms with Crippen molar-refractivity contribution < 1.29 is 14.3 Å². The molecule has 1 heterocycles. The first-order chi connectivity index (χ1) is 13.0. The minimum absolute atomic E-state index is 0.228. The van der Waals surface area contributed by atoms with Crippen molar-refractivity contribution in [3.05, 3.63) is 77.9 Å². The number of amides is 3. The fourth-order valence-corrected chi connectivity index (χ4v) is 3.57. The zero-order valence-corrected chi connectivity index (χ0v) is 15.2. The number of nitrogens with zero attached hydrogens (tertiary/aromatic N) is 1. The van der Waals surface area contributed by atoms with Crippen LogP contribution >= 0.6 is 0 Å². The Morgan fingerprint density at radius 3 is 2.56 bits per heavy atom. The van der Waals surface area contributed by atoms with Gasteiger partial charge in [-0.25, -0.2) is 4.79 Å². The van der Waals surface area contributed by atoms with Crippen LogP contribution in [0.1, 0.15) is 18.1 Å². The third kappa shape index (κ3) is 2.81. The van der Waals surface area contributed by atoms with Crippen LogP contribution in [0.4, 0.5) is 4.79 Å². The molecule has 3 aromatic rings. The molecule has 5 nitrogen and oxygen atoms in total. The van der Waals surface area contributed by atoms with E-state index in [2.05, 4.69) is 5.32 Å². The van der Waals surface area contributed by atoms with Crippen molar-refractivity contribution in [3.63, 3.8) is 0 Å². The average Bonchev–Trinajstić information content (AvgIpc) is 2.92. The molecule has 1 aliphatic heterocycles. The topological polar surface area (TPSA) is 58.6 Å². The van der Waals surface area contributed by atoms with Gasteiger partial charge in [0.2, 0.25) is 0 Å². The Morgan fingerprint density at radius 2 is 1.74 bits per heavy atom. The molecule has 1 atom stereocenters. The predicted molar refractivity (Wildman–Crippen MR) is 103 cm³/mol. The molecule has 0 spiro atoms. The molecular weight excluding hydrogens is 340 g/mol. The maximum atomic E-state index is 13.2. The molecule has 1 saturated heterocycles. The van der Waals surface area contributed by atoms with Gasteiger partial charge in [0, 0.05) is 0 Å². The lowest BCUT2D eigenvalue weighted by Gasteiger charge is -2.23. The van der Waals surface area contributed by atoms with Crippen LogP contribution in [0, 0.1) is 0 Å². The molecule has 0 aliphatic carbocycles. The molecule has 0 unspecified atom stereocenters. The number of benzene rings is 3. The highest BCUT2D eigenvalue weighted by molar-refractivity contribution is 6.07. The van der Waals surface area contributed by atoms with Gasteiger partial charge in [0.15, 0.2) is 0 Å². The van der Waals surface area contributed by atoms with Gasteiger partial charge in [-0.2, -0.15) is 0 Å². The van der Waals surface area contributed by atoms with E-state index in [0.717, 1.165) is 16.3 Å². The monoisotopic (exact) mass is 360 g/mol. The second kappa shape index (κ2) is 6.43. The number of hydrogen-bond acceptors (Lipinski definition) is 3. The van der Waals surface area contributed by atoms with Gasteiger partial charge in [-0.1, -0.05) is 54.6 Å². The van der Waals surface area contributed by atoms with Crippen LogP contribution in [0.5, 0.6) is 5.75 Å². The summed E-state index contributed by atoms with van der Waals surface area (Å²) in [6, 6.07) is 20.7. The van der Waals surface area contributed by atoms with Crippen molar-refractivity contribution in [3.8, 4) is 5.75 Å². The van der Waals surface area contributed by atoms with Gasteiger partial charge in [-0.3, -0.25) is 9.69 Å². The lowest BCUT2D eigenvalue weighted by Crippen LogP contribution is -2.40. The van der Waals surface area contributed by atoms with E-state index in [4.69, 9.17) is 4.74 Å². The van der Waals surface area contributed by atoms with Gasteiger partial charge in [-0.05, 0) is 41.0 Å². The summed E-state index contributed by atoms with van der Waals surface area (Å²) in [6.45, 7) is 1.96. The number of nitrogens with one attached hydrogen (secondary N) is 1. The number of ether oxygens (including phenoxy) is 1. The molecule has 136 valence electrons. The van der Waals surface area contributed by atoms with Crippen molar-refractivity contribution in [1.82, 2.24) is 10.2 Å². The summed E-state index contributed by atoms with van der Waals surface area (Å²) in [5, 5.41) is 4.97. The first-order valence-electron chi connectivity index (χ1n) is 8.78. The maximum absolute atomic E-state index is 13.2. The third-order valence-electron chi connectivity index (χ3n) is 5.13. The SMILES string of the molecule is COc1cccc([C@@]2(C)NC(=O)N(Cc3cccc4ccccc34)C2=O)c1. The average molecular weight is 360 g/mol. The summed E-state index contributed by atoms with van der Waals surface area (Å²) >= 11 is 0. The van der Waals surface area contributed by atoms with Crippen LogP contribution in [0.25, 0.3) is 10.8 Å². The second-order valence-corrected chi connectivity index (χ2v) is 6.82. The van der Waals surface area contributed by atoms with E-state index in [9.17, 15) is 9.59 Å². The van der Waals surface area contributed by atoms with Gasteiger partial charge in [0.1, 0.15) is 11.3 Å². The number of rotatable bonds is 4. The molecule has 5 heteroatoms. The summed E-state index contributed by atoms with van der Waals surface area (Å²) in [5.41, 5.74) is 0.517. The van der Waals surface area contributed by atoms with Crippen molar-refractivity contribution >= 4 is 22.7 Å². The van der Waals surface area contributed by atoms with Crippen LogP contribution in [0.2, 0.25) is 0 Å². The number of carbonyl (C=O) groups is 2. The smallest absolute Gasteiger partial charge is 0.325 e. The lowest BCUT2D eigenvalue weighted by molar-refractivity contribution is -0.131. The molecular formula is C22H20N2O3. The number of urea groups is 1. The van der Waals surface area contributed by atoms with Gasteiger partial charge in [-0.15, -0.1) is 0 Å². The summed E-state index contributed by atoms with van der Waals surface area (Å²) in [5.74, 6) is 0.372. The minimum atomic E-state index is -1.11. The van der Waals surface area contributed by atoms with Crippen LogP contribution in [-0.4, -0.2) is 23.9 Å². The van der Waals surface area contributed by atoms with Crippen LogP contribution in [0.15, 0.2) is 66.7 Å². The second-order valence-electron chi connectivity index (χ2n) is 6.82. The number of hydrogen-bond donors (Lipinski definition) is 1. The Bertz CT molecular complexity index is 1040. The molecule has 3 amide bonds. The van der Waals surface area contributed by atoms with E-state index in [1.807, 2.05) is 60.7 Å². The summed E-state index contributed by atoms with van der Waals surface area (Å²) < 4.78 is 5.25. The summed E-state index contributed by atoms with van der Waals surface area (Å²) in [4.78, 5) is 27.1. The Hall–Kier alpha value is -3.34. The third-order valence-corrected chi connectivity index (χ3v) is 5.13. The molecule has 0 radical (unpaired) electrons. The number of imide groups is 1. The van der Waals surface area contributed by atoms with Crippen LogP contribution in [-0.2, 0) is 16.9 Å². The van der Waals surface area contributed by atoms with Crippen molar-refractivity contribution in [2.45, 2.75) is 19.0 Å². The van der Waals surface area contributed by atoms with E-state index in [0.29, 0.717) is 11.3 Å². The van der Waals surface area contributed by atoms with E-state index in [1.54, 1.807) is 20.1 Å². The van der Waals surface area contributed by atoms with Crippen molar-refractivity contribution in [1.29, 1.82) is 0 Å². The first kappa shape index (κ1) is 17.1. The van der Waals surface area contributed by atoms with Gasteiger partial charge in [0.25, 0.3) is 5.91 Å². The maximum Gasteiger partial charge on any atom is 0.325 e. The Morgan fingerprint density at radius 1 is 1.00 bits per heavy atom. The predicted octanol–water partition coefficient (Wildman–Crippen LogP) is 3.82. The fraction of sp³-hybridized carbons (Fsp3) is 0.182. The Labute approximate surface area is 157 Å². The molecule has 3 aromatic carbocycles. The summed E-state index contributed by atoms with van der Waals surface area (Å²) in [7, 11) is 1.57. The lowest BCUT2D eigenvalue weighted by atomic mass is 9.91. The highest BCUT2D eigenvalue weighted by Crippen LogP contribution is 2.32. The largest absolute Gasteiger partial charge is 0.497 e. The van der Waals surface area contributed by atoms with E-state index >= 15 is 0 Å². The van der Waals surface area contributed by atoms with Crippen LogP contribution in [0.3, 0.4) is 0 Å². The normalized spacial score (nSPS) is 19.4. The molecule has 0 saturated carbocycles. The number of fused-ring (bicyclic) bond motifs is 1. The van der Waals surface area contributed by atoms with Crippen molar-refractivity contribution in [2.24, 2.45) is 0 Å². The Balaban J connectivity index is 1.68. The van der Waals surface area contributed by atoms with E-state index < -0.39 is 11.6 Å². The fourth-order valence-electron chi connectivity index (χ4n) is 3.57. The summed E-state index contributed by atoms with van der Waals surface area (Å²) in [6.07, 6.45) is 0. The molecule has 0 bridgehead atoms. The molecule has 1 N–H and O–H groups in total. The highest BCUT2D eigenvalue weighted by atomic mass is 16.5. The van der Waals surface area contributed by atoms with E-state index in [-0.39, 0.29) is 12.5 Å². The zero-order chi connectivity index (χ0) is 19.0. The standard InChI is InChI=1S/C22H20N2O3/c1-22(17-10-6-11-18(13-17)27-2)20(25)24(21(26)23-22)14-16-9-5-8-15-7-3-4-12-19(15)16/h3-13H,14H2,1-2H3,(H,23,26)/t22-/m1/s1. The minimum Gasteiger partial charge on any atom is -0.497 e. The van der Waals surface area contributed by atoms with Gasteiger partial charge >= 0.3 is 6.03 Å².